The number of nitrogens with one attached hydrogen (secondary N) is 2. The molecule has 9 heteroatoms. The minimum atomic E-state index is -0.698. The Bertz CT molecular complexity index is 757. The number of para-hydroxylation sites is 1. The molecule has 3 amide bonds. The summed E-state index contributed by atoms with van der Waals surface area (Å²) in [5.74, 6) is -0.937. The Labute approximate surface area is 161 Å². The van der Waals surface area contributed by atoms with E-state index in [1.807, 2.05) is 38.1 Å². The highest BCUT2D eigenvalue weighted by Crippen LogP contribution is 2.21. The minimum absolute atomic E-state index is 0.179. The van der Waals surface area contributed by atoms with Crippen LogP contribution in [-0.4, -0.2) is 42.7 Å². The maximum Gasteiger partial charge on any atom is 0.332 e. The van der Waals surface area contributed by atoms with Gasteiger partial charge in [-0.25, -0.2) is 14.6 Å². The molecular weight excluding hydrogens is 370 g/mol. The van der Waals surface area contributed by atoms with E-state index in [0.29, 0.717) is 12.5 Å². The van der Waals surface area contributed by atoms with Crippen LogP contribution in [0, 0.1) is 5.92 Å². The molecular formula is C18H23N3O5S. The SMILES string of the molecule is CC(C)CCNC(=O)NC(=O)COC(=O)COCc1nc2ccccc2s1. The van der Waals surface area contributed by atoms with Crippen molar-refractivity contribution in [2.75, 3.05) is 19.8 Å². The van der Waals surface area contributed by atoms with E-state index in [2.05, 4.69) is 15.6 Å². The first kappa shape index (κ1) is 20.8. The number of aromatic nitrogens is 1. The van der Waals surface area contributed by atoms with Crippen molar-refractivity contribution in [3.63, 3.8) is 0 Å². The first-order valence-electron chi connectivity index (χ1n) is 8.59. The highest BCUT2D eigenvalue weighted by Gasteiger charge is 2.11. The average Bonchev–Trinajstić information content (AvgIpc) is 3.02. The first-order valence-corrected chi connectivity index (χ1v) is 9.41. The Morgan fingerprint density at radius 1 is 1.19 bits per heavy atom. The van der Waals surface area contributed by atoms with Gasteiger partial charge in [-0.15, -0.1) is 11.3 Å². The van der Waals surface area contributed by atoms with E-state index in [9.17, 15) is 14.4 Å². The summed E-state index contributed by atoms with van der Waals surface area (Å²) in [4.78, 5) is 39.0. The highest BCUT2D eigenvalue weighted by molar-refractivity contribution is 7.18. The fourth-order valence-corrected chi connectivity index (χ4v) is 2.98. The lowest BCUT2D eigenvalue weighted by Gasteiger charge is -2.08. The number of amides is 3. The second kappa shape index (κ2) is 10.6. The van der Waals surface area contributed by atoms with Gasteiger partial charge in [-0.05, 0) is 24.5 Å². The van der Waals surface area contributed by atoms with Gasteiger partial charge in [0.05, 0.1) is 16.8 Å². The number of fused-ring (bicyclic) bond motifs is 1. The molecule has 0 bridgehead atoms. The lowest BCUT2D eigenvalue weighted by atomic mass is 10.1. The number of carbonyl (C=O) groups excluding carboxylic acids is 3. The number of ether oxygens (including phenoxy) is 2. The molecule has 0 radical (unpaired) electrons. The number of esters is 1. The van der Waals surface area contributed by atoms with Gasteiger partial charge >= 0.3 is 12.0 Å². The molecule has 1 aromatic heterocycles. The number of benzene rings is 1. The second-order valence-electron chi connectivity index (χ2n) is 6.22. The third-order valence-electron chi connectivity index (χ3n) is 3.41. The van der Waals surface area contributed by atoms with Gasteiger partial charge < -0.3 is 14.8 Å². The molecule has 8 nitrogen and oxygen atoms in total. The summed E-state index contributed by atoms with van der Waals surface area (Å²) in [5.41, 5.74) is 0.881. The molecule has 0 aliphatic carbocycles. The van der Waals surface area contributed by atoms with E-state index < -0.39 is 24.5 Å². The van der Waals surface area contributed by atoms with Crippen LogP contribution in [0.1, 0.15) is 25.3 Å². The molecule has 0 atom stereocenters. The molecule has 146 valence electrons. The number of hydrogen-bond acceptors (Lipinski definition) is 7. The number of nitrogens with zero attached hydrogens (tertiary/aromatic N) is 1. The van der Waals surface area contributed by atoms with Gasteiger partial charge in [-0.2, -0.15) is 0 Å². The summed E-state index contributed by atoms with van der Waals surface area (Å²) < 4.78 is 11.1. The maximum absolute atomic E-state index is 11.6. The molecule has 0 aliphatic heterocycles. The zero-order chi connectivity index (χ0) is 19.6. The Hall–Kier alpha value is -2.52. The number of imide groups is 1. The van der Waals surface area contributed by atoms with Crippen LogP contribution in [0.2, 0.25) is 0 Å². The fourth-order valence-electron chi connectivity index (χ4n) is 2.07. The number of urea groups is 1. The Kier molecular flexibility index (Phi) is 8.15. The molecule has 0 aliphatic rings. The molecule has 2 N–H and O–H groups in total. The molecule has 2 aromatic rings. The average molecular weight is 393 g/mol. The van der Waals surface area contributed by atoms with Crippen LogP contribution in [-0.2, 0) is 25.7 Å². The topological polar surface area (TPSA) is 107 Å². The van der Waals surface area contributed by atoms with E-state index in [0.717, 1.165) is 21.6 Å². The van der Waals surface area contributed by atoms with E-state index in [4.69, 9.17) is 9.47 Å². The van der Waals surface area contributed by atoms with Crippen molar-refractivity contribution in [3.8, 4) is 0 Å². The minimum Gasteiger partial charge on any atom is -0.454 e. The Balaban J connectivity index is 1.60. The zero-order valence-electron chi connectivity index (χ0n) is 15.3. The first-order chi connectivity index (χ1) is 12.9. The van der Waals surface area contributed by atoms with Gasteiger partial charge in [-0.3, -0.25) is 10.1 Å². The van der Waals surface area contributed by atoms with Crippen molar-refractivity contribution in [3.05, 3.63) is 29.3 Å². The van der Waals surface area contributed by atoms with Crippen LogP contribution in [0.3, 0.4) is 0 Å². The van der Waals surface area contributed by atoms with Crippen molar-refractivity contribution in [2.45, 2.75) is 26.9 Å². The third-order valence-corrected chi connectivity index (χ3v) is 4.42. The molecule has 1 aromatic carbocycles. The van der Waals surface area contributed by atoms with Crippen molar-refractivity contribution in [1.29, 1.82) is 0 Å². The van der Waals surface area contributed by atoms with Crippen LogP contribution < -0.4 is 10.6 Å². The van der Waals surface area contributed by atoms with Crippen LogP contribution in [0.4, 0.5) is 4.79 Å². The number of rotatable bonds is 9. The number of hydrogen-bond donors (Lipinski definition) is 2. The van der Waals surface area contributed by atoms with Gasteiger partial charge in [0.2, 0.25) is 0 Å². The monoisotopic (exact) mass is 393 g/mol. The molecule has 27 heavy (non-hydrogen) atoms. The standard InChI is InChI=1S/C18H23N3O5S/c1-12(2)7-8-19-18(24)21-15(22)9-26-17(23)11-25-10-16-20-13-5-3-4-6-14(13)27-16/h3-6,12H,7-11H2,1-2H3,(H2,19,21,22,24). The van der Waals surface area contributed by atoms with Crippen molar-refractivity contribution in [1.82, 2.24) is 15.6 Å². The molecule has 0 saturated heterocycles. The molecule has 2 rings (SSSR count). The van der Waals surface area contributed by atoms with E-state index in [1.54, 1.807) is 0 Å². The smallest absolute Gasteiger partial charge is 0.332 e. The quantitative estimate of drug-likeness (QED) is 0.633. The predicted octanol–water partition coefficient (Wildman–Crippen LogP) is 2.23. The maximum atomic E-state index is 11.6. The summed E-state index contributed by atoms with van der Waals surface area (Å²) in [6.45, 7) is 3.87. The van der Waals surface area contributed by atoms with Crippen molar-refractivity contribution in [2.24, 2.45) is 5.92 Å². The third kappa shape index (κ3) is 7.71. The summed E-state index contributed by atoms with van der Waals surface area (Å²) in [7, 11) is 0. The molecule has 0 saturated carbocycles. The van der Waals surface area contributed by atoms with Crippen LogP contribution >= 0.6 is 11.3 Å². The fraction of sp³-hybridized carbons (Fsp3) is 0.444. The van der Waals surface area contributed by atoms with Crippen LogP contribution in [0.5, 0.6) is 0 Å². The normalized spacial score (nSPS) is 10.8. The van der Waals surface area contributed by atoms with Crippen molar-refractivity contribution < 1.29 is 23.9 Å². The van der Waals surface area contributed by atoms with Gasteiger partial charge in [0.25, 0.3) is 5.91 Å². The van der Waals surface area contributed by atoms with Gasteiger partial charge in [0.15, 0.2) is 6.61 Å². The number of thiazole rings is 1. The summed E-state index contributed by atoms with van der Waals surface area (Å²) in [6, 6.07) is 7.09. The van der Waals surface area contributed by atoms with E-state index in [-0.39, 0.29) is 13.2 Å². The van der Waals surface area contributed by atoms with Crippen LogP contribution in [0.25, 0.3) is 10.2 Å². The largest absolute Gasteiger partial charge is 0.454 e. The molecule has 1 heterocycles. The highest BCUT2D eigenvalue weighted by atomic mass is 32.1. The lowest BCUT2D eigenvalue weighted by Crippen LogP contribution is -2.42. The second-order valence-corrected chi connectivity index (χ2v) is 7.33. The zero-order valence-corrected chi connectivity index (χ0v) is 16.1. The van der Waals surface area contributed by atoms with Gasteiger partial charge in [0, 0.05) is 6.54 Å². The predicted molar refractivity (Wildman–Crippen MR) is 101 cm³/mol. The summed E-state index contributed by atoms with van der Waals surface area (Å²) >= 11 is 1.49. The Morgan fingerprint density at radius 3 is 2.70 bits per heavy atom. The van der Waals surface area contributed by atoms with Crippen molar-refractivity contribution >= 4 is 39.5 Å². The molecule has 0 unspecified atom stereocenters. The van der Waals surface area contributed by atoms with E-state index >= 15 is 0 Å². The van der Waals surface area contributed by atoms with Gasteiger partial charge in [-0.1, -0.05) is 26.0 Å². The lowest BCUT2D eigenvalue weighted by molar-refractivity contribution is -0.153. The Morgan fingerprint density at radius 2 is 1.96 bits per heavy atom. The molecule has 0 spiro atoms. The summed E-state index contributed by atoms with van der Waals surface area (Å²) in [5, 5.41) is 5.39. The van der Waals surface area contributed by atoms with Crippen LogP contribution in [0.15, 0.2) is 24.3 Å². The number of carbonyl (C=O) groups is 3. The molecule has 0 fully saturated rings. The van der Waals surface area contributed by atoms with E-state index in [1.165, 1.54) is 11.3 Å². The summed E-state index contributed by atoms with van der Waals surface area (Å²) in [6.07, 6.45) is 0.808. The van der Waals surface area contributed by atoms with Gasteiger partial charge in [0.1, 0.15) is 11.6 Å².